The molecule has 0 saturated heterocycles. The Morgan fingerprint density at radius 1 is 0.375 bits per heavy atom. The number of rotatable bonds is 4. The Morgan fingerprint density at radius 2 is 0.917 bits per heavy atom. The first kappa shape index (κ1) is 27.4. The molecule has 0 fully saturated rings. The van der Waals surface area contributed by atoms with Gasteiger partial charge in [-0.3, -0.25) is 0 Å². The first-order valence-electron chi connectivity index (χ1n) is 15.9. The maximum Gasteiger partial charge on any atom is 0.0992 e. The molecule has 48 heavy (non-hydrogen) atoms. The Bertz CT molecular complexity index is 2750. The van der Waals surface area contributed by atoms with Gasteiger partial charge >= 0.3 is 0 Å². The average molecular weight is 611 g/mol. The van der Waals surface area contributed by atoms with E-state index in [2.05, 4.69) is 130 Å². The smallest absolute Gasteiger partial charge is 0.0992 e. The third kappa shape index (κ3) is 4.22. The monoisotopic (exact) mass is 610 g/mol. The van der Waals surface area contributed by atoms with Crippen molar-refractivity contribution in [1.82, 2.24) is 9.13 Å². The van der Waals surface area contributed by atoms with Crippen LogP contribution < -0.4 is 0 Å². The van der Waals surface area contributed by atoms with E-state index in [1.165, 1.54) is 21.8 Å². The fourth-order valence-corrected chi connectivity index (χ4v) is 7.20. The molecule has 0 saturated carbocycles. The van der Waals surface area contributed by atoms with Crippen LogP contribution in [-0.4, -0.2) is 9.13 Å². The fourth-order valence-electron chi connectivity index (χ4n) is 7.20. The number of aromatic nitrogens is 2. The largest absolute Gasteiger partial charge is 0.309 e. The van der Waals surface area contributed by atoms with Crippen LogP contribution >= 0.6 is 0 Å². The van der Waals surface area contributed by atoms with E-state index >= 15 is 0 Å². The second-order valence-corrected chi connectivity index (χ2v) is 12.0. The zero-order valence-corrected chi connectivity index (χ0v) is 25.8. The van der Waals surface area contributed by atoms with Gasteiger partial charge in [0.1, 0.15) is 0 Å². The topological polar surface area (TPSA) is 57.4 Å². The molecule has 0 amide bonds. The third-order valence-electron chi connectivity index (χ3n) is 9.38. The number of benzene rings is 7. The Kier molecular flexibility index (Phi) is 6.22. The average Bonchev–Trinajstić information content (AvgIpc) is 3.67. The predicted octanol–water partition coefficient (Wildman–Crippen LogP) is 11.0. The molecule has 0 atom stereocenters. The van der Waals surface area contributed by atoms with Crippen LogP contribution in [0.3, 0.4) is 0 Å². The minimum atomic E-state index is 0.593. The number of para-hydroxylation sites is 3. The molecular formula is C44H26N4. The summed E-state index contributed by atoms with van der Waals surface area (Å²) >= 11 is 0. The molecule has 9 aromatic rings. The molecule has 4 heteroatoms. The summed E-state index contributed by atoms with van der Waals surface area (Å²) in [5, 5.41) is 24.3. The van der Waals surface area contributed by atoms with Crippen LogP contribution in [0.15, 0.2) is 158 Å². The molecule has 7 aromatic carbocycles. The molecular weight excluding hydrogens is 585 g/mol. The van der Waals surface area contributed by atoms with Crippen molar-refractivity contribution < 1.29 is 0 Å². The zero-order valence-electron chi connectivity index (χ0n) is 25.8. The summed E-state index contributed by atoms with van der Waals surface area (Å²) in [6.07, 6.45) is 0. The van der Waals surface area contributed by atoms with Crippen LogP contribution in [0.25, 0.3) is 77.2 Å². The SMILES string of the molecule is N#Cc1ccc(-n2c3ccccc3c3ccc(C#N)cc32)c(-c2ccc(-c3cccc(-n4c5ccccc5c5ccccc54)c3)cc2)c1. The van der Waals surface area contributed by atoms with Crippen LogP contribution in [0.5, 0.6) is 0 Å². The summed E-state index contributed by atoms with van der Waals surface area (Å²) in [5.41, 5.74) is 11.8. The van der Waals surface area contributed by atoms with Crippen molar-refractivity contribution in [3.8, 4) is 45.8 Å². The highest BCUT2D eigenvalue weighted by molar-refractivity contribution is 6.10. The number of nitrogens with zero attached hydrogens (tertiary/aromatic N) is 4. The summed E-state index contributed by atoms with van der Waals surface area (Å²) in [6, 6.07) is 59.0. The second-order valence-electron chi connectivity index (χ2n) is 12.0. The van der Waals surface area contributed by atoms with Crippen molar-refractivity contribution in [1.29, 1.82) is 10.5 Å². The molecule has 2 aromatic heterocycles. The fraction of sp³-hybridized carbons (Fsp3) is 0. The van der Waals surface area contributed by atoms with Gasteiger partial charge in [0.2, 0.25) is 0 Å². The van der Waals surface area contributed by atoms with E-state index in [-0.39, 0.29) is 0 Å². The molecule has 0 aliphatic heterocycles. The van der Waals surface area contributed by atoms with Crippen LogP contribution in [0.2, 0.25) is 0 Å². The minimum Gasteiger partial charge on any atom is -0.309 e. The van der Waals surface area contributed by atoms with E-state index in [1.807, 2.05) is 48.5 Å². The van der Waals surface area contributed by atoms with Gasteiger partial charge in [0, 0.05) is 32.8 Å². The quantitative estimate of drug-likeness (QED) is 0.199. The van der Waals surface area contributed by atoms with Crippen molar-refractivity contribution in [3.63, 3.8) is 0 Å². The predicted molar refractivity (Wildman–Crippen MR) is 195 cm³/mol. The summed E-state index contributed by atoms with van der Waals surface area (Å²) in [6.45, 7) is 0. The lowest BCUT2D eigenvalue weighted by molar-refractivity contribution is 1.18. The molecule has 0 aliphatic rings. The maximum absolute atomic E-state index is 9.88. The standard InChI is InChI=1S/C44H26N4/c45-27-29-17-23-43(48-42-15-6-3-12-37(42)38-22-16-30(28-46)25-44(38)48)39(24-29)32-20-18-31(19-21-32)33-8-7-9-34(26-33)47-40-13-4-1-10-35(40)36-11-2-5-14-41(36)47/h1-26H. The van der Waals surface area contributed by atoms with Gasteiger partial charge < -0.3 is 9.13 Å². The van der Waals surface area contributed by atoms with E-state index < -0.39 is 0 Å². The molecule has 0 N–H and O–H groups in total. The van der Waals surface area contributed by atoms with Gasteiger partial charge in [-0.25, -0.2) is 0 Å². The number of fused-ring (bicyclic) bond motifs is 6. The summed E-state index contributed by atoms with van der Waals surface area (Å²) in [7, 11) is 0. The maximum atomic E-state index is 9.88. The van der Waals surface area contributed by atoms with Crippen LogP contribution in [0.4, 0.5) is 0 Å². The first-order valence-corrected chi connectivity index (χ1v) is 15.9. The van der Waals surface area contributed by atoms with Crippen molar-refractivity contribution >= 4 is 43.6 Å². The van der Waals surface area contributed by atoms with Crippen molar-refractivity contribution in [3.05, 3.63) is 169 Å². The van der Waals surface area contributed by atoms with Gasteiger partial charge in [0.25, 0.3) is 0 Å². The van der Waals surface area contributed by atoms with E-state index in [9.17, 15) is 10.5 Å². The van der Waals surface area contributed by atoms with Gasteiger partial charge in [-0.05, 0) is 77.4 Å². The Morgan fingerprint density at radius 3 is 1.56 bits per heavy atom. The third-order valence-corrected chi connectivity index (χ3v) is 9.38. The normalized spacial score (nSPS) is 11.3. The Labute approximate surface area is 277 Å². The summed E-state index contributed by atoms with van der Waals surface area (Å²) in [5.74, 6) is 0. The van der Waals surface area contributed by atoms with Gasteiger partial charge in [-0.1, -0.05) is 97.1 Å². The van der Waals surface area contributed by atoms with Gasteiger partial charge in [-0.15, -0.1) is 0 Å². The van der Waals surface area contributed by atoms with Gasteiger partial charge in [0.15, 0.2) is 0 Å². The molecule has 222 valence electrons. The lowest BCUT2D eigenvalue weighted by Gasteiger charge is -2.15. The highest BCUT2D eigenvalue weighted by Crippen LogP contribution is 2.38. The van der Waals surface area contributed by atoms with E-state index in [1.54, 1.807) is 0 Å². The van der Waals surface area contributed by atoms with Gasteiger partial charge in [0.05, 0.1) is 51.0 Å². The van der Waals surface area contributed by atoms with Crippen molar-refractivity contribution in [2.45, 2.75) is 0 Å². The zero-order chi connectivity index (χ0) is 32.2. The Balaban J connectivity index is 1.18. The lowest BCUT2D eigenvalue weighted by Crippen LogP contribution is -1.98. The second kappa shape index (κ2) is 10.9. The number of hydrogen-bond acceptors (Lipinski definition) is 2. The Hall–Kier alpha value is -6.88. The molecule has 0 bridgehead atoms. The molecule has 0 spiro atoms. The summed E-state index contributed by atoms with van der Waals surface area (Å²) < 4.78 is 4.55. The molecule has 0 unspecified atom stereocenters. The van der Waals surface area contributed by atoms with Crippen molar-refractivity contribution in [2.75, 3.05) is 0 Å². The highest BCUT2D eigenvalue weighted by Gasteiger charge is 2.17. The molecule has 0 radical (unpaired) electrons. The van der Waals surface area contributed by atoms with Gasteiger partial charge in [-0.2, -0.15) is 10.5 Å². The van der Waals surface area contributed by atoms with E-state index in [4.69, 9.17) is 0 Å². The summed E-state index contributed by atoms with van der Waals surface area (Å²) in [4.78, 5) is 0. The van der Waals surface area contributed by atoms with E-state index in [0.717, 1.165) is 55.4 Å². The molecule has 2 heterocycles. The lowest BCUT2D eigenvalue weighted by atomic mass is 9.97. The molecule has 4 nitrogen and oxygen atoms in total. The van der Waals surface area contributed by atoms with Crippen molar-refractivity contribution in [2.24, 2.45) is 0 Å². The molecule has 0 aliphatic carbocycles. The number of hydrogen-bond donors (Lipinski definition) is 0. The van der Waals surface area contributed by atoms with Crippen LogP contribution in [0, 0.1) is 22.7 Å². The highest BCUT2D eigenvalue weighted by atomic mass is 15.0. The van der Waals surface area contributed by atoms with Crippen LogP contribution in [-0.2, 0) is 0 Å². The van der Waals surface area contributed by atoms with Crippen LogP contribution in [0.1, 0.15) is 11.1 Å². The van der Waals surface area contributed by atoms with E-state index in [0.29, 0.717) is 11.1 Å². The minimum absolute atomic E-state index is 0.593. The number of nitriles is 2. The molecule has 9 rings (SSSR count). The first-order chi connectivity index (χ1) is 23.7.